The normalized spacial score (nSPS) is 17.3. The summed E-state index contributed by atoms with van der Waals surface area (Å²) in [4.78, 5) is 32.7. The Balaban J connectivity index is 1.70. The number of ether oxygens (including phenoxy) is 1. The molecule has 0 spiro atoms. The second-order valence-electron chi connectivity index (χ2n) is 8.15. The molecule has 5 rings (SSSR count). The number of aromatic nitrogens is 1. The number of benzene rings is 3. The average molecular weight is 505 g/mol. The zero-order valence-corrected chi connectivity index (χ0v) is 20.6. The minimum Gasteiger partial charge on any atom is -0.507 e. The SMILES string of the molecule is CCOc1ccc2nc(N3C(=O)C(=O)C(=C(O)c4ccc(C)cc4)C3c3cccc(Cl)c3)sc2c1. The van der Waals surface area contributed by atoms with E-state index < -0.39 is 17.7 Å². The molecule has 0 bridgehead atoms. The molecule has 1 N–H and O–H groups in total. The van der Waals surface area contributed by atoms with E-state index in [4.69, 9.17) is 16.3 Å². The van der Waals surface area contributed by atoms with Crippen molar-refractivity contribution in [2.45, 2.75) is 19.9 Å². The van der Waals surface area contributed by atoms with E-state index in [1.807, 2.05) is 44.2 Å². The summed E-state index contributed by atoms with van der Waals surface area (Å²) < 4.78 is 6.40. The second-order valence-corrected chi connectivity index (χ2v) is 9.59. The third-order valence-electron chi connectivity index (χ3n) is 5.80. The molecule has 0 saturated carbocycles. The Kier molecular flexibility index (Phi) is 6.05. The lowest BCUT2D eigenvalue weighted by Gasteiger charge is -2.23. The molecule has 1 aliphatic rings. The van der Waals surface area contributed by atoms with E-state index in [0.717, 1.165) is 10.3 Å². The van der Waals surface area contributed by atoms with Crippen LogP contribution in [0.3, 0.4) is 0 Å². The van der Waals surface area contributed by atoms with E-state index in [1.165, 1.54) is 16.2 Å². The Morgan fingerprint density at radius 2 is 1.89 bits per heavy atom. The van der Waals surface area contributed by atoms with Crippen LogP contribution in [0, 0.1) is 6.92 Å². The van der Waals surface area contributed by atoms with Gasteiger partial charge in [0, 0.05) is 10.6 Å². The van der Waals surface area contributed by atoms with Gasteiger partial charge in [0.05, 0.1) is 28.4 Å². The summed E-state index contributed by atoms with van der Waals surface area (Å²) in [6.07, 6.45) is 0. The van der Waals surface area contributed by atoms with Crippen LogP contribution in [0.25, 0.3) is 16.0 Å². The maximum Gasteiger partial charge on any atom is 0.301 e. The number of carbonyl (C=O) groups excluding carboxylic acids is 2. The number of halogens is 1. The molecule has 4 aromatic rings. The number of hydrogen-bond acceptors (Lipinski definition) is 6. The van der Waals surface area contributed by atoms with Crippen LogP contribution in [0.5, 0.6) is 5.75 Å². The van der Waals surface area contributed by atoms with E-state index in [9.17, 15) is 14.7 Å². The van der Waals surface area contributed by atoms with E-state index in [2.05, 4.69) is 4.98 Å². The Hall–Kier alpha value is -3.68. The summed E-state index contributed by atoms with van der Waals surface area (Å²) in [6, 6.07) is 18.6. The molecule has 1 atom stereocenters. The summed E-state index contributed by atoms with van der Waals surface area (Å²) in [5.74, 6) is -1.08. The van der Waals surface area contributed by atoms with Crippen molar-refractivity contribution < 1.29 is 19.4 Å². The molecule has 0 radical (unpaired) electrons. The molecule has 1 unspecified atom stereocenters. The first kappa shape index (κ1) is 23.1. The lowest BCUT2D eigenvalue weighted by atomic mass is 9.95. The van der Waals surface area contributed by atoms with Crippen LogP contribution >= 0.6 is 22.9 Å². The van der Waals surface area contributed by atoms with Crippen molar-refractivity contribution in [3.8, 4) is 5.75 Å². The Morgan fingerprint density at radius 1 is 1.11 bits per heavy atom. The molecule has 176 valence electrons. The van der Waals surface area contributed by atoms with Gasteiger partial charge < -0.3 is 9.84 Å². The Morgan fingerprint density at radius 3 is 2.60 bits per heavy atom. The predicted octanol–water partition coefficient (Wildman–Crippen LogP) is 6.28. The van der Waals surface area contributed by atoms with Gasteiger partial charge in [-0.15, -0.1) is 0 Å². The van der Waals surface area contributed by atoms with Gasteiger partial charge in [-0.05, 0) is 49.7 Å². The van der Waals surface area contributed by atoms with Crippen LogP contribution in [-0.4, -0.2) is 28.4 Å². The predicted molar refractivity (Wildman–Crippen MR) is 138 cm³/mol. The number of amides is 1. The number of aliphatic hydroxyl groups excluding tert-OH is 1. The van der Waals surface area contributed by atoms with E-state index in [1.54, 1.807) is 36.4 Å². The first-order chi connectivity index (χ1) is 16.9. The molecule has 3 aromatic carbocycles. The highest BCUT2D eigenvalue weighted by molar-refractivity contribution is 7.22. The molecule has 8 heteroatoms. The molecule has 0 aliphatic carbocycles. The molecule has 1 saturated heterocycles. The maximum atomic E-state index is 13.4. The van der Waals surface area contributed by atoms with Crippen molar-refractivity contribution >= 4 is 55.7 Å². The monoisotopic (exact) mass is 504 g/mol. The summed E-state index contributed by atoms with van der Waals surface area (Å²) in [7, 11) is 0. The van der Waals surface area contributed by atoms with Crippen LogP contribution < -0.4 is 9.64 Å². The third-order valence-corrected chi connectivity index (χ3v) is 7.05. The van der Waals surface area contributed by atoms with Gasteiger partial charge in [-0.1, -0.05) is 64.9 Å². The Bertz CT molecular complexity index is 1490. The van der Waals surface area contributed by atoms with Crippen molar-refractivity contribution in [2.24, 2.45) is 0 Å². The summed E-state index contributed by atoms with van der Waals surface area (Å²) in [6.45, 7) is 4.36. The highest BCUT2D eigenvalue weighted by Gasteiger charge is 2.48. The van der Waals surface area contributed by atoms with Crippen LogP contribution in [0.1, 0.15) is 29.7 Å². The van der Waals surface area contributed by atoms with Crippen molar-refractivity contribution in [1.29, 1.82) is 0 Å². The number of ketones is 1. The van der Waals surface area contributed by atoms with Crippen molar-refractivity contribution in [3.63, 3.8) is 0 Å². The van der Waals surface area contributed by atoms with Crippen LogP contribution in [0.2, 0.25) is 5.02 Å². The van der Waals surface area contributed by atoms with Crippen LogP contribution in [0.15, 0.2) is 72.3 Å². The molecular formula is C27H21ClN2O4S. The molecule has 1 aromatic heterocycles. The van der Waals surface area contributed by atoms with Crippen molar-refractivity contribution in [3.05, 3.63) is 94.0 Å². The van der Waals surface area contributed by atoms with Gasteiger partial charge in [-0.2, -0.15) is 0 Å². The van der Waals surface area contributed by atoms with E-state index >= 15 is 0 Å². The number of aliphatic hydroxyl groups is 1. The zero-order valence-electron chi connectivity index (χ0n) is 19.0. The van der Waals surface area contributed by atoms with Crippen LogP contribution in [-0.2, 0) is 9.59 Å². The molecule has 35 heavy (non-hydrogen) atoms. The number of fused-ring (bicyclic) bond motifs is 1. The number of rotatable bonds is 5. The standard InChI is InChI=1S/C27H21ClN2O4S/c1-3-34-19-11-12-20-21(14-19)35-27(29-20)30-23(17-5-4-6-18(28)13-17)22(25(32)26(30)33)24(31)16-9-7-15(2)8-10-16/h4-14,23,31H,3H2,1-2H3. The third kappa shape index (κ3) is 4.17. The van der Waals surface area contributed by atoms with Gasteiger partial charge in [0.25, 0.3) is 5.78 Å². The van der Waals surface area contributed by atoms with Gasteiger partial charge in [-0.25, -0.2) is 4.98 Å². The van der Waals surface area contributed by atoms with E-state index in [0.29, 0.717) is 39.2 Å². The van der Waals surface area contributed by atoms with Gasteiger partial charge in [0.2, 0.25) is 0 Å². The smallest absolute Gasteiger partial charge is 0.301 e. The lowest BCUT2D eigenvalue weighted by molar-refractivity contribution is -0.132. The molecule has 1 aliphatic heterocycles. The van der Waals surface area contributed by atoms with Crippen LogP contribution in [0.4, 0.5) is 5.13 Å². The Labute approximate surface area is 211 Å². The maximum absolute atomic E-state index is 13.4. The fraction of sp³-hybridized carbons (Fsp3) is 0.148. The first-order valence-electron chi connectivity index (χ1n) is 11.0. The quantitative estimate of drug-likeness (QED) is 0.196. The molecule has 6 nitrogen and oxygen atoms in total. The highest BCUT2D eigenvalue weighted by atomic mass is 35.5. The average Bonchev–Trinajstić information content (AvgIpc) is 3.37. The topological polar surface area (TPSA) is 79.7 Å². The highest BCUT2D eigenvalue weighted by Crippen LogP contribution is 2.45. The lowest BCUT2D eigenvalue weighted by Crippen LogP contribution is -2.29. The molecule has 1 amide bonds. The minimum atomic E-state index is -0.887. The van der Waals surface area contributed by atoms with Gasteiger partial charge in [-0.3, -0.25) is 14.5 Å². The number of thiazole rings is 1. The summed E-state index contributed by atoms with van der Waals surface area (Å²) in [5, 5.41) is 12.0. The van der Waals surface area contributed by atoms with Gasteiger partial charge in [0.15, 0.2) is 5.13 Å². The number of carbonyl (C=O) groups is 2. The second kappa shape index (κ2) is 9.17. The molecular weight excluding hydrogens is 484 g/mol. The molecule has 1 fully saturated rings. The van der Waals surface area contributed by atoms with E-state index in [-0.39, 0.29) is 11.3 Å². The largest absolute Gasteiger partial charge is 0.507 e. The fourth-order valence-electron chi connectivity index (χ4n) is 4.14. The van der Waals surface area contributed by atoms with Gasteiger partial charge in [0.1, 0.15) is 11.5 Å². The fourth-order valence-corrected chi connectivity index (χ4v) is 5.36. The number of hydrogen-bond donors (Lipinski definition) is 1. The van der Waals surface area contributed by atoms with Crippen molar-refractivity contribution in [1.82, 2.24) is 4.98 Å². The number of nitrogens with zero attached hydrogens (tertiary/aromatic N) is 2. The number of aryl methyl sites for hydroxylation is 1. The number of anilines is 1. The first-order valence-corrected chi connectivity index (χ1v) is 12.2. The summed E-state index contributed by atoms with van der Waals surface area (Å²) in [5.41, 5.74) is 2.73. The summed E-state index contributed by atoms with van der Waals surface area (Å²) >= 11 is 7.55. The van der Waals surface area contributed by atoms with Gasteiger partial charge >= 0.3 is 5.91 Å². The minimum absolute atomic E-state index is 0.00428. The molecule has 2 heterocycles. The number of Topliss-reactive ketones (excluding diaryl/α,β-unsaturated/α-hetero) is 1. The van der Waals surface area contributed by atoms with Crippen molar-refractivity contribution in [2.75, 3.05) is 11.5 Å². The zero-order chi connectivity index (χ0) is 24.7.